The van der Waals surface area contributed by atoms with Crippen molar-refractivity contribution in [1.82, 2.24) is 5.32 Å². The van der Waals surface area contributed by atoms with Gasteiger partial charge >= 0.3 is 7.82 Å². The molecule has 312 valence electrons. The number of hydrogen-bond donors (Lipinski definition) is 4. The minimum atomic E-state index is -4.33. The molecule has 0 radical (unpaired) electrons. The van der Waals surface area contributed by atoms with Gasteiger partial charge in [0.15, 0.2) is 0 Å². The number of phosphoric ester groups is 1. The van der Waals surface area contributed by atoms with Crippen molar-refractivity contribution in [1.29, 1.82) is 0 Å². The van der Waals surface area contributed by atoms with Crippen LogP contribution >= 0.6 is 7.82 Å². The molecule has 5 N–H and O–H groups in total. The van der Waals surface area contributed by atoms with Gasteiger partial charge in [0.05, 0.1) is 25.4 Å². The van der Waals surface area contributed by atoms with Crippen molar-refractivity contribution < 1.29 is 28.4 Å². The van der Waals surface area contributed by atoms with E-state index >= 15 is 0 Å². The van der Waals surface area contributed by atoms with Gasteiger partial charge in [-0.15, -0.1) is 0 Å². The molecule has 0 saturated heterocycles. The third kappa shape index (κ3) is 38.8. The Morgan fingerprint density at radius 2 is 1.04 bits per heavy atom. The molecule has 0 aromatic carbocycles. The van der Waals surface area contributed by atoms with Gasteiger partial charge in [-0.05, 0) is 51.4 Å². The van der Waals surface area contributed by atoms with Crippen LogP contribution in [0.25, 0.3) is 0 Å². The van der Waals surface area contributed by atoms with Crippen LogP contribution in [0.3, 0.4) is 0 Å². The smallest absolute Gasteiger partial charge is 0.387 e. The van der Waals surface area contributed by atoms with Gasteiger partial charge in [-0.25, -0.2) is 4.57 Å². The maximum atomic E-state index is 12.7. The van der Waals surface area contributed by atoms with E-state index in [1.165, 1.54) is 141 Å². The van der Waals surface area contributed by atoms with Crippen LogP contribution in [0.4, 0.5) is 0 Å². The van der Waals surface area contributed by atoms with Gasteiger partial charge in [0.1, 0.15) is 0 Å². The Kier molecular flexibility index (Phi) is 39.4. The van der Waals surface area contributed by atoms with Crippen molar-refractivity contribution in [3.63, 3.8) is 0 Å². The SMILES string of the molecule is CCCCCCC/C=C\C/C=C\CCCCCCCCCCCCCC(=O)NC(COP(=O)(O)OCCN)C(O)/C=C/CCCCCCCCCCC. The highest BCUT2D eigenvalue weighted by Crippen LogP contribution is 2.43. The second kappa shape index (κ2) is 40.4. The number of rotatable bonds is 41. The molecule has 0 heterocycles. The average molecular weight is 769 g/mol. The van der Waals surface area contributed by atoms with Crippen molar-refractivity contribution in [3.8, 4) is 0 Å². The fourth-order valence-corrected chi connectivity index (χ4v) is 7.10. The summed E-state index contributed by atoms with van der Waals surface area (Å²) in [7, 11) is -4.33. The highest BCUT2D eigenvalue weighted by molar-refractivity contribution is 7.47. The number of phosphoric acid groups is 1. The molecule has 1 amide bonds. The first-order chi connectivity index (χ1) is 25.9. The maximum Gasteiger partial charge on any atom is 0.472 e. The molecular formula is C44H85N2O6P. The molecule has 0 aliphatic carbocycles. The standard InChI is InChI=1S/C44H85N2O6P/c1-3-5-7-9-11-13-15-16-17-18-19-20-21-22-23-24-25-26-28-30-32-34-36-38-44(48)46-42(41-52-53(49,50)51-40-39-45)43(47)37-35-33-31-29-27-14-12-10-8-6-4-2/h15-16,18-19,35,37,42-43,47H,3-14,17,20-34,36,38-41,45H2,1-2H3,(H,46,48)(H,49,50)/b16-15-,19-18-,37-35+. The number of carbonyl (C=O) groups excluding carboxylic acids is 1. The van der Waals surface area contributed by atoms with Crippen LogP contribution in [0.15, 0.2) is 36.5 Å². The fourth-order valence-electron chi connectivity index (χ4n) is 6.34. The minimum Gasteiger partial charge on any atom is -0.387 e. The Morgan fingerprint density at radius 1 is 0.623 bits per heavy atom. The summed E-state index contributed by atoms with van der Waals surface area (Å²) in [6.45, 7) is 4.11. The van der Waals surface area contributed by atoms with Gasteiger partial charge < -0.3 is 21.1 Å². The summed E-state index contributed by atoms with van der Waals surface area (Å²) in [4.78, 5) is 22.7. The van der Waals surface area contributed by atoms with E-state index in [-0.39, 0.29) is 25.7 Å². The van der Waals surface area contributed by atoms with E-state index in [1.54, 1.807) is 6.08 Å². The van der Waals surface area contributed by atoms with Crippen LogP contribution in [0.1, 0.15) is 206 Å². The highest BCUT2D eigenvalue weighted by Gasteiger charge is 2.26. The lowest BCUT2D eigenvalue weighted by Crippen LogP contribution is -2.45. The molecule has 0 aromatic rings. The van der Waals surface area contributed by atoms with Gasteiger partial charge in [0.2, 0.25) is 5.91 Å². The molecular weight excluding hydrogens is 683 g/mol. The van der Waals surface area contributed by atoms with Crippen molar-refractivity contribution in [3.05, 3.63) is 36.5 Å². The molecule has 0 saturated carbocycles. The first kappa shape index (κ1) is 51.7. The molecule has 3 unspecified atom stereocenters. The van der Waals surface area contributed by atoms with E-state index in [1.807, 2.05) is 6.08 Å². The van der Waals surface area contributed by atoms with Crippen LogP contribution in [-0.4, -0.2) is 47.8 Å². The average Bonchev–Trinajstić information content (AvgIpc) is 3.14. The number of amides is 1. The summed E-state index contributed by atoms with van der Waals surface area (Å²) in [5, 5.41) is 13.6. The van der Waals surface area contributed by atoms with Crippen LogP contribution < -0.4 is 11.1 Å². The van der Waals surface area contributed by atoms with Gasteiger partial charge in [-0.3, -0.25) is 13.8 Å². The largest absolute Gasteiger partial charge is 0.472 e. The summed E-state index contributed by atoms with van der Waals surface area (Å²) >= 11 is 0. The van der Waals surface area contributed by atoms with Crippen LogP contribution in [0, 0.1) is 0 Å². The number of hydrogen-bond acceptors (Lipinski definition) is 6. The number of carbonyl (C=O) groups is 1. The molecule has 9 heteroatoms. The first-order valence-electron chi connectivity index (χ1n) is 22.1. The molecule has 53 heavy (non-hydrogen) atoms. The zero-order chi connectivity index (χ0) is 38.9. The first-order valence-corrected chi connectivity index (χ1v) is 23.6. The lowest BCUT2D eigenvalue weighted by Gasteiger charge is -2.23. The second-order valence-corrected chi connectivity index (χ2v) is 16.4. The van der Waals surface area contributed by atoms with Crippen molar-refractivity contribution >= 4 is 13.7 Å². The lowest BCUT2D eigenvalue weighted by molar-refractivity contribution is -0.123. The van der Waals surface area contributed by atoms with Crippen LogP contribution in [-0.2, 0) is 18.4 Å². The van der Waals surface area contributed by atoms with E-state index in [2.05, 4.69) is 43.5 Å². The highest BCUT2D eigenvalue weighted by atomic mass is 31.2. The molecule has 0 aliphatic heterocycles. The molecule has 0 spiro atoms. The molecule has 0 fully saturated rings. The van der Waals surface area contributed by atoms with Crippen LogP contribution in [0.5, 0.6) is 0 Å². The molecule has 0 rings (SSSR count). The Bertz CT molecular complexity index is 928. The Labute approximate surface area is 327 Å². The molecule has 0 bridgehead atoms. The van der Waals surface area contributed by atoms with Crippen molar-refractivity contribution in [2.75, 3.05) is 19.8 Å². The third-order valence-corrected chi connectivity index (χ3v) is 10.7. The number of aliphatic hydroxyl groups is 1. The van der Waals surface area contributed by atoms with E-state index in [9.17, 15) is 19.4 Å². The zero-order valence-corrected chi connectivity index (χ0v) is 35.4. The summed E-state index contributed by atoms with van der Waals surface area (Å²) < 4.78 is 22.1. The quantitative estimate of drug-likeness (QED) is 0.0277. The van der Waals surface area contributed by atoms with E-state index in [0.717, 1.165) is 44.9 Å². The van der Waals surface area contributed by atoms with Gasteiger partial charge in [-0.2, -0.15) is 0 Å². The predicted molar refractivity (Wildman–Crippen MR) is 226 cm³/mol. The molecule has 0 aromatic heterocycles. The summed E-state index contributed by atoms with van der Waals surface area (Å²) in [5.41, 5.74) is 5.37. The van der Waals surface area contributed by atoms with Gasteiger partial charge in [0.25, 0.3) is 0 Å². The predicted octanol–water partition coefficient (Wildman–Crippen LogP) is 12.3. The second-order valence-electron chi connectivity index (χ2n) is 14.9. The minimum absolute atomic E-state index is 0.0780. The van der Waals surface area contributed by atoms with E-state index in [0.29, 0.717) is 6.42 Å². The number of nitrogens with one attached hydrogen (secondary N) is 1. The van der Waals surface area contributed by atoms with Gasteiger partial charge in [0, 0.05) is 13.0 Å². The Balaban J connectivity index is 4.09. The Morgan fingerprint density at radius 3 is 1.49 bits per heavy atom. The van der Waals surface area contributed by atoms with Crippen LogP contribution in [0.2, 0.25) is 0 Å². The number of nitrogens with two attached hydrogens (primary N) is 1. The molecule has 8 nitrogen and oxygen atoms in total. The van der Waals surface area contributed by atoms with E-state index in [4.69, 9.17) is 14.8 Å². The number of allylic oxidation sites excluding steroid dienone is 5. The third-order valence-electron chi connectivity index (χ3n) is 9.71. The summed E-state index contributed by atoms with van der Waals surface area (Å²) in [5.74, 6) is -0.198. The number of aliphatic hydroxyl groups excluding tert-OH is 1. The zero-order valence-electron chi connectivity index (χ0n) is 34.5. The normalized spacial score (nSPS) is 14.4. The Hall–Kier alpha value is -1.28. The topological polar surface area (TPSA) is 131 Å². The van der Waals surface area contributed by atoms with E-state index < -0.39 is 20.0 Å². The maximum absolute atomic E-state index is 12.7. The summed E-state index contributed by atoms with van der Waals surface area (Å²) in [6.07, 6.45) is 47.7. The summed E-state index contributed by atoms with van der Waals surface area (Å²) in [6, 6.07) is -0.859. The number of unbranched alkanes of at least 4 members (excludes halogenated alkanes) is 25. The van der Waals surface area contributed by atoms with Gasteiger partial charge in [-0.1, -0.05) is 185 Å². The molecule has 0 aliphatic rings. The molecule has 3 atom stereocenters. The lowest BCUT2D eigenvalue weighted by atomic mass is 10.0. The van der Waals surface area contributed by atoms with Crippen molar-refractivity contribution in [2.45, 2.75) is 219 Å². The fraction of sp³-hybridized carbons (Fsp3) is 0.841. The monoisotopic (exact) mass is 769 g/mol. The van der Waals surface area contributed by atoms with Crippen molar-refractivity contribution in [2.24, 2.45) is 5.73 Å².